The molecule has 1 heterocycles. The van der Waals surface area contributed by atoms with Crippen LogP contribution in [0.1, 0.15) is 13.3 Å². The first kappa shape index (κ1) is 17.8. The standard InChI is InChI=1S/C17H17BrN2O4S/c1-11-9-17(21)19-13-5-3-4-6-14(13)20(11)25(22,23)16-10-12(18)7-8-15(16)24-2/h3-8,10-11H,9H2,1-2H3,(H,19,21). The van der Waals surface area contributed by atoms with Crippen molar-refractivity contribution in [3.8, 4) is 5.75 Å². The number of methoxy groups -OCH3 is 1. The van der Waals surface area contributed by atoms with Crippen LogP contribution in [0.4, 0.5) is 11.4 Å². The van der Waals surface area contributed by atoms with Crippen molar-refractivity contribution in [2.75, 3.05) is 16.7 Å². The van der Waals surface area contributed by atoms with Crippen LogP contribution in [0.5, 0.6) is 5.75 Å². The van der Waals surface area contributed by atoms with E-state index >= 15 is 0 Å². The largest absolute Gasteiger partial charge is 0.495 e. The molecule has 1 atom stereocenters. The number of amides is 1. The molecule has 2 aromatic rings. The molecule has 0 aliphatic carbocycles. The number of para-hydroxylation sites is 2. The summed E-state index contributed by atoms with van der Waals surface area (Å²) < 4.78 is 34.0. The lowest BCUT2D eigenvalue weighted by Crippen LogP contribution is -2.39. The van der Waals surface area contributed by atoms with Gasteiger partial charge in [0.25, 0.3) is 10.0 Å². The van der Waals surface area contributed by atoms with E-state index in [1.54, 1.807) is 43.3 Å². The van der Waals surface area contributed by atoms with Gasteiger partial charge in [0, 0.05) is 10.9 Å². The van der Waals surface area contributed by atoms with Crippen molar-refractivity contribution in [3.05, 3.63) is 46.9 Å². The van der Waals surface area contributed by atoms with Crippen LogP contribution < -0.4 is 14.4 Å². The maximum Gasteiger partial charge on any atom is 0.268 e. The van der Waals surface area contributed by atoms with E-state index < -0.39 is 16.1 Å². The molecule has 0 saturated carbocycles. The predicted molar refractivity (Wildman–Crippen MR) is 99.5 cm³/mol. The van der Waals surface area contributed by atoms with Gasteiger partial charge < -0.3 is 10.1 Å². The fourth-order valence-corrected chi connectivity index (χ4v) is 5.26. The minimum Gasteiger partial charge on any atom is -0.495 e. The second-order valence-electron chi connectivity index (χ2n) is 5.71. The van der Waals surface area contributed by atoms with Gasteiger partial charge in [-0.3, -0.25) is 9.10 Å². The highest BCUT2D eigenvalue weighted by molar-refractivity contribution is 9.10. The fourth-order valence-electron chi connectivity index (χ4n) is 2.89. The van der Waals surface area contributed by atoms with Crippen LogP contribution >= 0.6 is 15.9 Å². The summed E-state index contributed by atoms with van der Waals surface area (Å²) >= 11 is 3.31. The second-order valence-corrected chi connectivity index (χ2v) is 8.41. The number of carbonyl (C=O) groups excluding carboxylic acids is 1. The van der Waals surface area contributed by atoms with Crippen molar-refractivity contribution in [1.82, 2.24) is 0 Å². The number of sulfonamides is 1. The fraction of sp³-hybridized carbons (Fsp3) is 0.235. The molecule has 0 bridgehead atoms. The van der Waals surface area contributed by atoms with Crippen molar-refractivity contribution in [3.63, 3.8) is 0 Å². The third-order valence-corrected chi connectivity index (χ3v) is 6.40. The molecule has 3 rings (SSSR count). The van der Waals surface area contributed by atoms with Crippen LogP contribution in [0.15, 0.2) is 51.8 Å². The first-order chi connectivity index (χ1) is 11.8. The number of hydrogen-bond acceptors (Lipinski definition) is 4. The Morgan fingerprint density at radius 2 is 1.96 bits per heavy atom. The van der Waals surface area contributed by atoms with Gasteiger partial charge in [0.15, 0.2) is 0 Å². The lowest BCUT2D eigenvalue weighted by molar-refractivity contribution is -0.116. The van der Waals surface area contributed by atoms with Crippen molar-refractivity contribution in [2.24, 2.45) is 0 Å². The average molecular weight is 425 g/mol. The molecule has 1 N–H and O–H groups in total. The molecule has 8 heteroatoms. The predicted octanol–water partition coefficient (Wildman–Crippen LogP) is 3.38. The summed E-state index contributed by atoms with van der Waals surface area (Å²) in [5, 5.41) is 2.76. The zero-order valence-electron chi connectivity index (χ0n) is 13.7. The van der Waals surface area contributed by atoms with Crippen LogP contribution in [0.2, 0.25) is 0 Å². The smallest absolute Gasteiger partial charge is 0.268 e. The molecule has 0 fully saturated rings. The van der Waals surface area contributed by atoms with Crippen LogP contribution in [-0.2, 0) is 14.8 Å². The zero-order chi connectivity index (χ0) is 18.2. The molecule has 132 valence electrons. The first-order valence-corrected chi connectivity index (χ1v) is 9.84. The number of anilines is 2. The van der Waals surface area contributed by atoms with Gasteiger partial charge in [-0.1, -0.05) is 28.1 Å². The van der Waals surface area contributed by atoms with Gasteiger partial charge in [-0.2, -0.15) is 0 Å². The Morgan fingerprint density at radius 1 is 1.24 bits per heavy atom. The highest BCUT2D eigenvalue weighted by Crippen LogP contribution is 2.38. The van der Waals surface area contributed by atoms with Crippen LogP contribution in [-0.4, -0.2) is 27.5 Å². The summed E-state index contributed by atoms with van der Waals surface area (Å²) in [5.41, 5.74) is 0.900. The minimum absolute atomic E-state index is 0.0420. The Labute approximate surface area is 155 Å². The number of nitrogens with one attached hydrogen (secondary N) is 1. The maximum atomic E-state index is 13.4. The number of rotatable bonds is 3. The van der Waals surface area contributed by atoms with E-state index in [0.29, 0.717) is 15.8 Å². The lowest BCUT2D eigenvalue weighted by atomic mass is 10.2. The molecule has 6 nitrogen and oxygen atoms in total. The molecule has 1 unspecified atom stereocenters. The Kier molecular flexibility index (Phi) is 4.75. The molecule has 25 heavy (non-hydrogen) atoms. The van der Waals surface area contributed by atoms with Crippen LogP contribution in [0.25, 0.3) is 0 Å². The molecule has 0 aromatic heterocycles. The van der Waals surface area contributed by atoms with Gasteiger partial charge >= 0.3 is 0 Å². The molecule has 0 saturated heterocycles. The summed E-state index contributed by atoms with van der Waals surface area (Å²) in [6.45, 7) is 1.71. The van der Waals surface area contributed by atoms with Crippen LogP contribution in [0, 0.1) is 0 Å². The molecule has 1 amide bonds. The monoisotopic (exact) mass is 424 g/mol. The number of benzene rings is 2. The minimum atomic E-state index is -3.95. The van der Waals surface area contributed by atoms with E-state index in [4.69, 9.17) is 4.74 Å². The molecule has 2 aromatic carbocycles. The maximum absolute atomic E-state index is 13.4. The van der Waals surface area contributed by atoms with Crippen LogP contribution in [0.3, 0.4) is 0 Å². The molecule has 0 radical (unpaired) electrons. The summed E-state index contributed by atoms with van der Waals surface area (Å²) in [5.74, 6) is 0.0234. The topological polar surface area (TPSA) is 75.7 Å². The quantitative estimate of drug-likeness (QED) is 0.818. The van der Waals surface area contributed by atoms with Gasteiger partial charge in [-0.05, 0) is 37.3 Å². The lowest BCUT2D eigenvalue weighted by Gasteiger charge is -2.29. The Morgan fingerprint density at radius 3 is 2.68 bits per heavy atom. The molecular weight excluding hydrogens is 408 g/mol. The zero-order valence-corrected chi connectivity index (χ0v) is 16.1. The third kappa shape index (κ3) is 3.23. The van der Waals surface area contributed by atoms with Gasteiger partial charge in [0.1, 0.15) is 10.6 Å². The third-order valence-electron chi connectivity index (χ3n) is 3.96. The highest BCUT2D eigenvalue weighted by Gasteiger charge is 2.36. The first-order valence-electron chi connectivity index (χ1n) is 7.61. The van der Waals surface area contributed by atoms with E-state index in [9.17, 15) is 13.2 Å². The molecule has 1 aliphatic rings. The van der Waals surface area contributed by atoms with E-state index in [1.165, 1.54) is 17.5 Å². The van der Waals surface area contributed by atoms with Gasteiger partial charge in [0.2, 0.25) is 5.91 Å². The molecule has 0 spiro atoms. The normalized spacial score (nSPS) is 17.5. The van der Waals surface area contributed by atoms with Crippen molar-refractivity contribution in [2.45, 2.75) is 24.3 Å². The summed E-state index contributed by atoms with van der Waals surface area (Å²) in [6.07, 6.45) is 0.0598. The Balaban J connectivity index is 2.23. The number of nitrogens with zero attached hydrogens (tertiary/aromatic N) is 1. The second kappa shape index (κ2) is 6.68. The number of fused-ring (bicyclic) bond motifs is 1. The van der Waals surface area contributed by atoms with E-state index in [2.05, 4.69) is 21.2 Å². The number of carbonyl (C=O) groups is 1. The number of ether oxygens (including phenoxy) is 1. The highest BCUT2D eigenvalue weighted by atomic mass is 79.9. The van der Waals surface area contributed by atoms with Crippen molar-refractivity contribution < 1.29 is 17.9 Å². The van der Waals surface area contributed by atoms with Crippen molar-refractivity contribution in [1.29, 1.82) is 0 Å². The summed E-state index contributed by atoms with van der Waals surface area (Å²) in [7, 11) is -2.53. The molecule has 1 aliphatic heterocycles. The summed E-state index contributed by atoms with van der Waals surface area (Å²) in [6, 6.07) is 11.1. The Hall–Kier alpha value is -2.06. The van der Waals surface area contributed by atoms with Gasteiger partial charge in [-0.25, -0.2) is 8.42 Å². The SMILES string of the molecule is COc1ccc(Br)cc1S(=O)(=O)N1c2ccccc2NC(=O)CC1C. The number of halogens is 1. The van der Waals surface area contributed by atoms with Crippen molar-refractivity contribution >= 4 is 43.2 Å². The van der Waals surface area contributed by atoms with E-state index in [-0.39, 0.29) is 23.0 Å². The Bertz CT molecular complexity index is 930. The van der Waals surface area contributed by atoms with Gasteiger partial charge in [-0.15, -0.1) is 0 Å². The van der Waals surface area contributed by atoms with E-state index in [1.807, 2.05) is 0 Å². The summed E-state index contributed by atoms with van der Waals surface area (Å²) in [4.78, 5) is 12.1. The average Bonchev–Trinajstić information content (AvgIpc) is 2.69. The molecular formula is C17H17BrN2O4S. The van der Waals surface area contributed by atoms with Gasteiger partial charge in [0.05, 0.1) is 24.5 Å². The number of hydrogen-bond donors (Lipinski definition) is 1. The van der Waals surface area contributed by atoms with E-state index in [0.717, 1.165) is 0 Å².